The Balaban J connectivity index is 1.21. The minimum Gasteiger partial charge on any atom is -0.385 e. The summed E-state index contributed by atoms with van der Waals surface area (Å²) < 4.78 is 7.42. The molecule has 3 heterocycles. The molecule has 2 fully saturated rings. The first-order valence-electron chi connectivity index (χ1n) is 11.1. The van der Waals surface area contributed by atoms with Crippen molar-refractivity contribution < 1.29 is 9.63 Å². The Labute approximate surface area is 182 Å². The lowest BCUT2D eigenvalue weighted by Crippen LogP contribution is -2.45. The van der Waals surface area contributed by atoms with Gasteiger partial charge < -0.3 is 19.5 Å². The molecule has 1 saturated carbocycles. The molecule has 31 heavy (non-hydrogen) atoms. The van der Waals surface area contributed by atoms with Gasteiger partial charge in [-0.1, -0.05) is 17.0 Å². The Bertz CT molecular complexity index is 1090. The average Bonchev–Trinajstić information content (AvgIpc) is 3.42. The van der Waals surface area contributed by atoms with Gasteiger partial charge in [-0.3, -0.25) is 0 Å². The third kappa shape index (κ3) is 4.30. The molecule has 2 aromatic heterocycles. The van der Waals surface area contributed by atoms with Crippen LogP contribution in [0.1, 0.15) is 55.8 Å². The van der Waals surface area contributed by atoms with Gasteiger partial charge >= 0.3 is 0 Å². The molecule has 0 unspecified atom stereocenters. The number of rotatable bonds is 4. The van der Waals surface area contributed by atoms with Gasteiger partial charge in [0.2, 0.25) is 0 Å². The summed E-state index contributed by atoms with van der Waals surface area (Å²) in [6.45, 7) is 4.53. The summed E-state index contributed by atoms with van der Waals surface area (Å²) in [5.74, 6) is 8.71. The number of benzene rings is 1. The number of nitrogens with zero attached hydrogens (tertiary/aromatic N) is 3. The zero-order valence-electron chi connectivity index (χ0n) is 17.8. The van der Waals surface area contributed by atoms with E-state index in [0.717, 1.165) is 35.7 Å². The normalized spacial score (nSPS) is 18.9. The summed E-state index contributed by atoms with van der Waals surface area (Å²) in [5.41, 5.74) is 3.37. The molecule has 160 valence electrons. The lowest BCUT2D eigenvalue weighted by atomic mass is 9.58. The predicted molar refractivity (Wildman–Crippen MR) is 118 cm³/mol. The summed E-state index contributed by atoms with van der Waals surface area (Å²) in [5, 5.41) is 17.4. The molecular weight excluding hydrogens is 388 g/mol. The molecule has 1 saturated heterocycles. The second-order valence-corrected chi connectivity index (χ2v) is 8.97. The smallest absolute Gasteiger partial charge is 0.167 e. The fraction of sp³-hybridized carbons (Fsp3) is 0.440. The fourth-order valence-electron chi connectivity index (χ4n) is 4.88. The van der Waals surface area contributed by atoms with Crippen LogP contribution in [-0.2, 0) is 6.54 Å². The first-order chi connectivity index (χ1) is 15.1. The Morgan fingerprint density at radius 2 is 2.03 bits per heavy atom. The highest BCUT2D eigenvalue weighted by molar-refractivity contribution is 5.59. The second-order valence-electron chi connectivity index (χ2n) is 8.97. The summed E-state index contributed by atoms with van der Waals surface area (Å²) in [6.07, 6.45) is 8.01. The van der Waals surface area contributed by atoms with Crippen LogP contribution >= 0.6 is 0 Å². The molecule has 6 heteroatoms. The third-order valence-electron chi connectivity index (χ3n) is 6.63. The van der Waals surface area contributed by atoms with E-state index in [-0.39, 0.29) is 0 Å². The minimum atomic E-state index is -0.625. The SMILES string of the molecule is C[C@H](O)c1nccn1Cc1cc(-c2ccc(C#CC3CC4(CCNCC4)C3)cc2)on1. The summed E-state index contributed by atoms with van der Waals surface area (Å²) in [7, 11) is 0. The molecule has 5 rings (SSSR count). The molecule has 1 aromatic carbocycles. The Morgan fingerprint density at radius 1 is 1.26 bits per heavy atom. The van der Waals surface area contributed by atoms with E-state index < -0.39 is 6.10 Å². The van der Waals surface area contributed by atoms with Crippen LogP contribution in [0.2, 0.25) is 0 Å². The maximum atomic E-state index is 9.80. The van der Waals surface area contributed by atoms with Gasteiger partial charge in [0.05, 0.1) is 6.54 Å². The number of hydrogen-bond donors (Lipinski definition) is 2. The number of aromatic nitrogens is 3. The monoisotopic (exact) mass is 416 g/mol. The van der Waals surface area contributed by atoms with Gasteiger partial charge in [-0.05, 0) is 75.4 Å². The van der Waals surface area contributed by atoms with Crippen LogP contribution in [0.4, 0.5) is 0 Å². The van der Waals surface area contributed by atoms with Crippen LogP contribution in [0, 0.1) is 23.2 Å². The van der Waals surface area contributed by atoms with E-state index in [4.69, 9.17) is 4.52 Å². The highest BCUT2D eigenvalue weighted by Gasteiger charge is 2.43. The first-order valence-corrected chi connectivity index (χ1v) is 11.1. The van der Waals surface area contributed by atoms with Crippen LogP contribution in [-0.4, -0.2) is 32.9 Å². The highest BCUT2D eigenvalue weighted by atomic mass is 16.5. The summed E-state index contributed by atoms with van der Waals surface area (Å²) in [4.78, 5) is 4.19. The second kappa shape index (κ2) is 8.33. The van der Waals surface area contributed by atoms with Crippen molar-refractivity contribution in [2.45, 2.75) is 45.3 Å². The maximum absolute atomic E-state index is 9.80. The van der Waals surface area contributed by atoms with Gasteiger partial charge in [0.25, 0.3) is 0 Å². The fourth-order valence-corrected chi connectivity index (χ4v) is 4.88. The topological polar surface area (TPSA) is 76.1 Å². The zero-order chi connectivity index (χ0) is 21.3. The van der Waals surface area contributed by atoms with Crippen LogP contribution in [0.25, 0.3) is 11.3 Å². The zero-order valence-corrected chi connectivity index (χ0v) is 17.8. The van der Waals surface area contributed by atoms with E-state index in [2.05, 4.69) is 27.3 Å². The van der Waals surface area contributed by atoms with Crippen LogP contribution < -0.4 is 5.32 Å². The van der Waals surface area contributed by atoms with Gasteiger partial charge in [-0.15, -0.1) is 0 Å². The van der Waals surface area contributed by atoms with E-state index in [9.17, 15) is 5.11 Å². The molecule has 1 aliphatic heterocycles. The van der Waals surface area contributed by atoms with E-state index in [1.165, 1.54) is 25.7 Å². The molecule has 1 aliphatic carbocycles. The Hall–Kier alpha value is -2.88. The van der Waals surface area contributed by atoms with Crippen molar-refractivity contribution in [3.63, 3.8) is 0 Å². The van der Waals surface area contributed by atoms with Crippen LogP contribution in [0.5, 0.6) is 0 Å². The quantitative estimate of drug-likeness (QED) is 0.633. The van der Waals surface area contributed by atoms with Crippen molar-refractivity contribution in [3.05, 3.63) is 59.8 Å². The highest BCUT2D eigenvalue weighted by Crippen LogP contribution is 2.51. The van der Waals surface area contributed by atoms with E-state index in [1.54, 1.807) is 13.1 Å². The third-order valence-corrected chi connectivity index (χ3v) is 6.63. The number of aliphatic hydroxyl groups is 1. The van der Waals surface area contributed by atoms with E-state index >= 15 is 0 Å². The standard InChI is InChI=1S/C25H28N4O2/c1-18(30)24-27-12-13-29(24)17-22-14-23(31-28-22)21-6-4-19(5-7-21)2-3-20-15-25(16-20)8-10-26-11-9-25/h4-7,12-14,18,20,26,30H,8-11,15-17H2,1H3/t18-/m0/s1. The summed E-state index contributed by atoms with van der Waals surface area (Å²) in [6, 6.07) is 10.1. The number of hydrogen-bond acceptors (Lipinski definition) is 5. The molecule has 6 nitrogen and oxygen atoms in total. The van der Waals surface area contributed by atoms with Crippen molar-refractivity contribution >= 4 is 0 Å². The van der Waals surface area contributed by atoms with Crippen molar-refractivity contribution in [3.8, 4) is 23.2 Å². The van der Waals surface area contributed by atoms with Crippen molar-refractivity contribution in [2.24, 2.45) is 11.3 Å². The lowest BCUT2D eigenvalue weighted by molar-refractivity contribution is 0.0501. The van der Waals surface area contributed by atoms with Crippen molar-refractivity contribution in [2.75, 3.05) is 13.1 Å². The number of imidazole rings is 1. The molecule has 3 aromatic rings. The minimum absolute atomic E-state index is 0.506. The van der Waals surface area contributed by atoms with Crippen molar-refractivity contribution in [1.82, 2.24) is 20.0 Å². The van der Waals surface area contributed by atoms with Gasteiger partial charge in [0.1, 0.15) is 17.6 Å². The summed E-state index contributed by atoms with van der Waals surface area (Å²) >= 11 is 0. The number of aliphatic hydroxyl groups excluding tert-OH is 1. The first kappa shape index (κ1) is 20.0. The van der Waals surface area contributed by atoms with Crippen LogP contribution in [0.3, 0.4) is 0 Å². The predicted octanol–water partition coefficient (Wildman–Crippen LogP) is 3.77. The molecule has 0 bridgehead atoms. The number of piperidine rings is 1. The van der Waals surface area contributed by atoms with Crippen LogP contribution in [0.15, 0.2) is 47.2 Å². The van der Waals surface area contributed by atoms with Gasteiger partial charge in [0.15, 0.2) is 5.76 Å². The maximum Gasteiger partial charge on any atom is 0.167 e. The average molecular weight is 417 g/mol. The molecular formula is C25H28N4O2. The van der Waals surface area contributed by atoms with Crippen molar-refractivity contribution in [1.29, 1.82) is 0 Å². The largest absolute Gasteiger partial charge is 0.385 e. The lowest BCUT2D eigenvalue weighted by Gasteiger charge is -2.48. The molecule has 1 atom stereocenters. The molecule has 0 amide bonds. The van der Waals surface area contributed by atoms with E-state index in [1.807, 2.05) is 41.1 Å². The number of nitrogens with one attached hydrogen (secondary N) is 1. The molecule has 2 N–H and O–H groups in total. The Morgan fingerprint density at radius 3 is 2.77 bits per heavy atom. The molecule has 2 aliphatic rings. The van der Waals surface area contributed by atoms with Gasteiger partial charge in [-0.25, -0.2) is 4.98 Å². The molecule has 0 radical (unpaired) electrons. The van der Waals surface area contributed by atoms with Gasteiger partial charge in [0, 0.05) is 35.5 Å². The van der Waals surface area contributed by atoms with Gasteiger partial charge in [-0.2, -0.15) is 0 Å². The molecule has 1 spiro atoms. The van der Waals surface area contributed by atoms with E-state index in [0.29, 0.717) is 23.7 Å². The Kier molecular flexibility index (Phi) is 5.39.